The van der Waals surface area contributed by atoms with Crippen LogP contribution in [0.4, 0.5) is 0 Å². The van der Waals surface area contributed by atoms with Crippen molar-refractivity contribution in [2.75, 3.05) is 19.6 Å². The van der Waals surface area contributed by atoms with Gasteiger partial charge in [0, 0.05) is 29.8 Å². The van der Waals surface area contributed by atoms with Gasteiger partial charge in [-0.15, -0.1) is 0 Å². The third-order valence-electron chi connectivity index (χ3n) is 3.46. The lowest BCUT2D eigenvalue weighted by molar-refractivity contribution is -0.129. The Morgan fingerprint density at radius 2 is 2.00 bits per heavy atom. The van der Waals surface area contributed by atoms with Crippen LogP contribution in [-0.2, 0) is 4.79 Å². The van der Waals surface area contributed by atoms with Crippen molar-refractivity contribution in [2.24, 2.45) is 0 Å². The molecule has 5 nitrogen and oxygen atoms in total. The molecule has 0 bridgehead atoms. The normalized spacial score (nSPS) is 14.9. The van der Waals surface area contributed by atoms with Gasteiger partial charge in [0.25, 0.3) is 5.91 Å². The Morgan fingerprint density at radius 1 is 1.35 bits per heavy atom. The van der Waals surface area contributed by atoms with E-state index in [1.807, 2.05) is 24.6 Å². The molecule has 1 saturated heterocycles. The summed E-state index contributed by atoms with van der Waals surface area (Å²) < 4.78 is 2.75. The third-order valence-corrected chi connectivity index (χ3v) is 3.90. The average molecular weight is 342 g/mol. The number of nitrogens with one attached hydrogen (secondary N) is 1. The summed E-state index contributed by atoms with van der Waals surface area (Å²) in [6.07, 6.45) is 3.99. The van der Waals surface area contributed by atoms with Gasteiger partial charge < -0.3 is 14.8 Å². The van der Waals surface area contributed by atoms with Crippen molar-refractivity contribution in [3.05, 3.63) is 22.4 Å². The van der Waals surface area contributed by atoms with Crippen molar-refractivity contribution >= 4 is 27.7 Å². The first-order chi connectivity index (χ1) is 9.49. The largest absolute Gasteiger partial charge is 0.342 e. The first kappa shape index (κ1) is 15.1. The topological polar surface area (TPSA) is 54.3 Å². The molecule has 0 saturated carbocycles. The zero-order valence-corrected chi connectivity index (χ0v) is 13.4. The molecule has 110 valence electrons. The Balaban J connectivity index is 1.96. The monoisotopic (exact) mass is 341 g/mol. The van der Waals surface area contributed by atoms with Crippen molar-refractivity contribution in [3.63, 3.8) is 0 Å². The second-order valence-corrected chi connectivity index (χ2v) is 6.23. The van der Waals surface area contributed by atoms with Crippen molar-refractivity contribution in [2.45, 2.75) is 32.7 Å². The molecule has 1 N–H and O–H groups in total. The average Bonchev–Trinajstić information content (AvgIpc) is 3.04. The molecule has 0 atom stereocenters. The summed E-state index contributed by atoms with van der Waals surface area (Å²) in [4.78, 5) is 25.9. The Hall–Kier alpha value is -1.30. The lowest BCUT2D eigenvalue weighted by Gasteiger charge is -2.16. The fraction of sp³-hybridized carbons (Fsp3) is 0.571. The molecule has 6 heteroatoms. The van der Waals surface area contributed by atoms with E-state index < -0.39 is 0 Å². The lowest BCUT2D eigenvalue weighted by atomic mass is 10.3. The number of aromatic nitrogens is 1. The first-order valence-electron chi connectivity index (χ1n) is 6.92. The molecule has 1 aliphatic rings. The third kappa shape index (κ3) is 3.42. The highest BCUT2D eigenvalue weighted by atomic mass is 79.9. The Morgan fingerprint density at radius 3 is 2.60 bits per heavy atom. The van der Waals surface area contributed by atoms with Crippen LogP contribution in [0.15, 0.2) is 16.7 Å². The van der Waals surface area contributed by atoms with E-state index >= 15 is 0 Å². The van der Waals surface area contributed by atoms with E-state index in [1.165, 1.54) is 0 Å². The molecular weight excluding hydrogens is 322 g/mol. The van der Waals surface area contributed by atoms with Crippen molar-refractivity contribution in [1.82, 2.24) is 14.8 Å². The molecular formula is C14H20BrN3O2. The molecule has 0 unspecified atom stereocenters. The molecule has 2 amide bonds. The predicted molar refractivity (Wildman–Crippen MR) is 80.7 cm³/mol. The zero-order chi connectivity index (χ0) is 14.7. The highest BCUT2D eigenvalue weighted by molar-refractivity contribution is 9.10. The highest BCUT2D eigenvalue weighted by Gasteiger charge is 2.20. The molecule has 0 radical (unpaired) electrons. The van der Waals surface area contributed by atoms with E-state index in [9.17, 15) is 9.59 Å². The molecule has 1 aromatic rings. The summed E-state index contributed by atoms with van der Waals surface area (Å²) in [5.74, 6) is -0.213. The summed E-state index contributed by atoms with van der Waals surface area (Å²) in [5, 5.41) is 2.71. The van der Waals surface area contributed by atoms with Gasteiger partial charge >= 0.3 is 0 Å². The first-order valence-corrected chi connectivity index (χ1v) is 7.71. The number of nitrogens with zero attached hydrogens (tertiary/aromatic N) is 2. The second-order valence-electron chi connectivity index (χ2n) is 5.32. The minimum Gasteiger partial charge on any atom is -0.342 e. The predicted octanol–water partition coefficient (Wildman–Crippen LogP) is 2.18. The molecule has 0 spiro atoms. The summed E-state index contributed by atoms with van der Waals surface area (Å²) in [7, 11) is 0. The fourth-order valence-electron chi connectivity index (χ4n) is 2.38. The maximum Gasteiger partial charge on any atom is 0.268 e. The van der Waals surface area contributed by atoms with E-state index in [1.54, 1.807) is 11.0 Å². The molecule has 2 heterocycles. The van der Waals surface area contributed by atoms with Crippen LogP contribution in [0.25, 0.3) is 0 Å². The molecule has 0 aliphatic carbocycles. The summed E-state index contributed by atoms with van der Waals surface area (Å²) in [6.45, 7) is 5.71. The van der Waals surface area contributed by atoms with Gasteiger partial charge in [0.2, 0.25) is 5.91 Å². The van der Waals surface area contributed by atoms with E-state index in [2.05, 4.69) is 21.2 Å². The van der Waals surface area contributed by atoms with Crippen LogP contribution in [-0.4, -0.2) is 40.9 Å². The number of carbonyl (C=O) groups excluding carboxylic acids is 2. The van der Waals surface area contributed by atoms with Gasteiger partial charge in [0.1, 0.15) is 5.69 Å². The van der Waals surface area contributed by atoms with Crippen LogP contribution >= 0.6 is 15.9 Å². The van der Waals surface area contributed by atoms with E-state index in [4.69, 9.17) is 0 Å². The molecule has 2 rings (SSSR count). The Labute approximate surface area is 127 Å². The number of carbonyl (C=O) groups is 2. The van der Waals surface area contributed by atoms with Crippen LogP contribution in [0.2, 0.25) is 0 Å². The molecule has 1 aromatic heterocycles. The van der Waals surface area contributed by atoms with E-state index in [-0.39, 0.29) is 24.4 Å². The van der Waals surface area contributed by atoms with Gasteiger partial charge in [-0.05, 0) is 48.7 Å². The van der Waals surface area contributed by atoms with E-state index in [0.29, 0.717) is 5.69 Å². The van der Waals surface area contributed by atoms with Crippen molar-refractivity contribution in [1.29, 1.82) is 0 Å². The smallest absolute Gasteiger partial charge is 0.268 e. The number of hydrogen-bond acceptors (Lipinski definition) is 2. The van der Waals surface area contributed by atoms with Gasteiger partial charge in [-0.2, -0.15) is 0 Å². The highest BCUT2D eigenvalue weighted by Crippen LogP contribution is 2.19. The maximum absolute atomic E-state index is 12.2. The summed E-state index contributed by atoms with van der Waals surface area (Å²) in [6, 6.07) is 1.96. The number of halogens is 1. The molecule has 1 fully saturated rings. The second kappa shape index (κ2) is 6.43. The van der Waals surface area contributed by atoms with Gasteiger partial charge in [-0.1, -0.05) is 0 Å². The van der Waals surface area contributed by atoms with Crippen LogP contribution < -0.4 is 5.32 Å². The molecule has 0 aromatic carbocycles. The maximum atomic E-state index is 12.2. The standard InChI is InChI=1S/C14H20BrN3O2/c1-10(2)18-9-11(15)7-12(18)14(20)16-8-13(19)17-5-3-4-6-17/h7,9-10H,3-6,8H2,1-2H3,(H,16,20). The van der Waals surface area contributed by atoms with E-state index in [0.717, 1.165) is 30.4 Å². The van der Waals surface area contributed by atoms with Gasteiger partial charge in [-0.3, -0.25) is 9.59 Å². The zero-order valence-electron chi connectivity index (χ0n) is 11.9. The Bertz CT molecular complexity index is 505. The number of rotatable bonds is 4. The minimum absolute atomic E-state index is 0.00225. The summed E-state index contributed by atoms with van der Waals surface area (Å²) >= 11 is 3.38. The van der Waals surface area contributed by atoms with Gasteiger partial charge in [0.15, 0.2) is 0 Å². The number of likely N-dealkylation sites (tertiary alicyclic amines) is 1. The summed E-state index contributed by atoms with van der Waals surface area (Å²) in [5.41, 5.74) is 0.570. The number of hydrogen-bond donors (Lipinski definition) is 1. The van der Waals surface area contributed by atoms with Gasteiger partial charge in [0.05, 0.1) is 6.54 Å². The Kier molecular flexibility index (Phi) is 4.86. The quantitative estimate of drug-likeness (QED) is 0.912. The van der Waals surface area contributed by atoms with Crippen LogP contribution in [0.5, 0.6) is 0 Å². The number of amides is 2. The SMILES string of the molecule is CC(C)n1cc(Br)cc1C(=O)NCC(=O)N1CCCC1. The van der Waals surface area contributed by atoms with Crippen molar-refractivity contribution < 1.29 is 9.59 Å². The van der Waals surface area contributed by atoms with Crippen molar-refractivity contribution in [3.8, 4) is 0 Å². The van der Waals surface area contributed by atoms with Gasteiger partial charge in [-0.25, -0.2) is 0 Å². The lowest BCUT2D eigenvalue weighted by Crippen LogP contribution is -2.39. The molecule has 20 heavy (non-hydrogen) atoms. The molecule has 1 aliphatic heterocycles. The van der Waals surface area contributed by atoms with Crippen LogP contribution in [0.1, 0.15) is 43.2 Å². The van der Waals surface area contributed by atoms with Crippen LogP contribution in [0, 0.1) is 0 Å². The minimum atomic E-state index is -0.211. The fourth-order valence-corrected chi connectivity index (χ4v) is 2.82. The van der Waals surface area contributed by atoms with Crippen LogP contribution in [0.3, 0.4) is 0 Å².